The van der Waals surface area contributed by atoms with Gasteiger partial charge in [0.1, 0.15) is 0 Å². The molecule has 1 aliphatic rings. The van der Waals surface area contributed by atoms with E-state index >= 15 is 0 Å². The second-order valence-electron chi connectivity index (χ2n) is 4.82. The highest BCUT2D eigenvalue weighted by atomic mass is 32.2. The van der Waals surface area contributed by atoms with Crippen LogP contribution in [0.25, 0.3) is 0 Å². The molecule has 2 rings (SSSR count). The van der Waals surface area contributed by atoms with Gasteiger partial charge in [0.2, 0.25) is 5.91 Å². The van der Waals surface area contributed by atoms with Crippen molar-refractivity contribution < 1.29 is 9.90 Å². The first-order chi connectivity index (χ1) is 9.70. The van der Waals surface area contributed by atoms with Crippen molar-refractivity contribution in [2.45, 2.75) is 31.4 Å². The second-order valence-corrected chi connectivity index (χ2v) is 6.13. The molecule has 0 spiro atoms. The molecule has 0 saturated carbocycles. The summed E-state index contributed by atoms with van der Waals surface area (Å²) in [4.78, 5) is 12.2. The third kappa shape index (κ3) is 4.03. The number of aliphatic hydroxyl groups excluding tert-OH is 1. The molecule has 1 atom stereocenters. The zero-order valence-corrected chi connectivity index (χ0v) is 12.4. The molecule has 1 fully saturated rings. The summed E-state index contributed by atoms with van der Waals surface area (Å²) in [6, 6.07) is 5.83. The minimum Gasteiger partial charge on any atom is -0.395 e. The van der Waals surface area contributed by atoms with Gasteiger partial charge in [-0.15, -0.1) is 11.8 Å². The van der Waals surface area contributed by atoms with Crippen molar-refractivity contribution in [3.63, 3.8) is 0 Å². The van der Waals surface area contributed by atoms with Gasteiger partial charge >= 0.3 is 0 Å². The molecule has 1 unspecified atom stereocenters. The molecule has 20 heavy (non-hydrogen) atoms. The number of thioether (sulfide) groups is 1. The van der Waals surface area contributed by atoms with Gasteiger partial charge < -0.3 is 10.4 Å². The number of hydrogen-bond donors (Lipinski definition) is 2. The van der Waals surface area contributed by atoms with E-state index in [-0.39, 0.29) is 17.8 Å². The lowest BCUT2D eigenvalue weighted by Gasteiger charge is -2.12. The quantitative estimate of drug-likeness (QED) is 0.841. The highest BCUT2D eigenvalue weighted by Crippen LogP contribution is 2.27. The Labute approximate surface area is 124 Å². The zero-order valence-electron chi connectivity index (χ0n) is 11.6. The maximum absolute atomic E-state index is 12.2. The minimum atomic E-state index is 0.0548. The van der Waals surface area contributed by atoms with Crippen LogP contribution in [0.15, 0.2) is 18.2 Å². The molecule has 106 valence electrons. The SMILES string of the molecule is Cc1ccc(NC(=O)C2CCCS2)c(C#CCCO)c1. The van der Waals surface area contributed by atoms with E-state index < -0.39 is 0 Å². The first-order valence-corrected chi connectivity index (χ1v) is 7.88. The Hall–Kier alpha value is -1.44. The van der Waals surface area contributed by atoms with Gasteiger partial charge in [0.15, 0.2) is 0 Å². The first kappa shape index (κ1) is 15.0. The number of aliphatic hydroxyl groups is 1. The Morgan fingerprint density at radius 2 is 2.40 bits per heavy atom. The van der Waals surface area contributed by atoms with Crippen molar-refractivity contribution in [2.75, 3.05) is 17.7 Å². The van der Waals surface area contributed by atoms with E-state index in [9.17, 15) is 4.79 Å². The summed E-state index contributed by atoms with van der Waals surface area (Å²) in [5.74, 6) is 7.06. The van der Waals surface area contributed by atoms with E-state index in [1.807, 2.05) is 25.1 Å². The molecule has 1 heterocycles. The summed E-state index contributed by atoms with van der Waals surface area (Å²) < 4.78 is 0. The molecular formula is C16H19NO2S. The Kier molecular flexibility index (Phi) is 5.51. The number of nitrogens with one attached hydrogen (secondary N) is 1. The fraction of sp³-hybridized carbons (Fsp3) is 0.438. The van der Waals surface area contributed by atoms with Crippen LogP contribution < -0.4 is 5.32 Å². The van der Waals surface area contributed by atoms with Gasteiger partial charge in [-0.3, -0.25) is 4.79 Å². The Morgan fingerprint density at radius 3 is 3.10 bits per heavy atom. The number of rotatable bonds is 3. The molecule has 3 nitrogen and oxygen atoms in total. The summed E-state index contributed by atoms with van der Waals surface area (Å²) in [6.07, 6.45) is 2.51. The third-order valence-electron chi connectivity index (χ3n) is 3.11. The van der Waals surface area contributed by atoms with E-state index in [0.29, 0.717) is 6.42 Å². The summed E-state index contributed by atoms with van der Waals surface area (Å²) in [5.41, 5.74) is 2.68. The third-order valence-corrected chi connectivity index (χ3v) is 4.49. The lowest BCUT2D eigenvalue weighted by molar-refractivity contribution is -0.115. The van der Waals surface area contributed by atoms with Gasteiger partial charge in [-0.25, -0.2) is 0 Å². The van der Waals surface area contributed by atoms with E-state index in [2.05, 4.69) is 17.2 Å². The van der Waals surface area contributed by atoms with E-state index in [4.69, 9.17) is 5.11 Å². The van der Waals surface area contributed by atoms with Crippen molar-refractivity contribution in [1.82, 2.24) is 0 Å². The number of amides is 1. The predicted molar refractivity (Wildman–Crippen MR) is 83.9 cm³/mol. The molecule has 0 bridgehead atoms. The number of carbonyl (C=O) groups is 1. The lowest BCUT2D eigenvalue weighted by Crippen LogP contribution is -2.23. The van der Waals surface area contributed by atoms with Gasteiger partial charge in [-0.1, -0.05) is 17.9 Å². The fourth-order valence-electron chi connectivity index (χ4n) is 2.08. The summed E-state index contributed by atoms with van der Waals surface area (Å²) in [6.45, 7) is 2.05. The average Bonchev–Trinajstić information content (AvgIpc) is 2.96. The van der Waals surface area contributed by atoms with Crippen LogP contribution in [0.5, 0.6) is 0 Å². The topological polar surface area (TPSA) is 49.3 Å². The Morgan fingerprint density at radius 1 is 1.55 bits per heavy atom. The van der Waals surface area contributed by atoms with Crippen molar-refractivity contribution >= 4 is 23.4 Å². The minimum absolute atomic E-state index is 0.0548. The maximum atomic E-state index is 12.2. The van der Waals surface area contributed by atoms with Crippen LogP contribution in [0.3, 0.4) is 0 Å². The van der Waals surface area contributed by atoms with E-state index in [1.54, 1.807) is 11.8 Å². The molecule has 1 aromatic rings. The molecule has 1 aliphatic heterocycles. The van der Waals surface area contributed by atoms with Crippen molar-refractivity contribution in [2.24, 2.45) is 0 Å². The van der Waals surface area contributed by atoms with Crippen molar-refractivity contribution in [3.8, 4) is 11.8 Å². The van der Waals surface area contributed by atoms with Gasteiger partial charge in [0.05, 0.1) is 17.5 Å². The van der Waals surface area contributed by atoms with Gasteiger partial charge in [0, 0.05) is 12.0 Å². The molecule has 0 radical (unpaired) electrons. The second kappa shape index (κ2) is 7.37. The van der Waals surface area contributed by atoms with E-state index in [1.165, 1.54) is 0 Å². The summed E-state index contributed by atoms with van der Waals surface area (Å²) >= 11 is 1.72. The highest BCUT2D eigenvalue weighted by molar-refractivity contribution is 8.00. The van der Waals surface area contributed by atoms with Crippen LogP contribution in [-0.4, -0.2) is 28.6 Å². The smallest absolute Gasteiger partial charge is 0.237 e. The Balaban J connectivity index is 2.14. The van der Waals surface area contributed by atoms with Crippen molar-refractivity contribution in [1.29, 1.82) is 0 Å². The number of hydrogen-bond acceptors (Lipinski definition) is 3. The number of aryl methyl sites for hydroxylation is 1. The fourth-order valence-corrected chi connectivity index (χ4v) is 3.24. The highest BCUT2D eigenvalue weighted by Gasteiger charge is 2.23. The number of benzene rings is 1. The molecule has 4 heteroatoms. The molecule has 0 aromatic heterocycles. The largest absolute Gasteiger partial charge is 0.395 e. The summed E-state index contributed by atoms with van der Waals surface area (Å²) in [7, 11) is 0. The number of carbonyl (C=O) groups excluding carboxylic acids is 1. The van der Waals surface area contributed by atoms with Crippen molar-refractivity contribution in [3.05, 3.63) is 29.3 Å². The Bertz CT molecular complexity index is 539. The van der Waals surface area contributed by atoms with Crippen LogP contribution in [0.4, 0.5) is 5.69 Å². The van der Waals surface area contributed by atoms with Gasteiger partial charge in [0.25, 0.3) is 0 Å². The summed E-state index contributed by atoms with van der Waals surface area (Å²) in [5, 5.41) is 11.8. The van der Waals surface area contributed by atoms with E-state index in [0.717, 1.165) is 35.4 Å². The monoisotopic (exact) mass is 289 g/mol. The normalized spacial score (nSPS) is 17.4. The van der Waals surface area contributed by atoms with Crippen LogP contribution in [0.2, 0.25) is 0 Å². The lowest BCUT2D eigenvalue weighted by atomic mass is 10.1. The van der Waals surface area contributed by atoms with Crippen LogP contribution in [0.1, 0.15) is 30.4 Å². The van der Waals surface area contributed by atoms with Crippen LogP contribution in [-0.2, 0) is 4.79 Å². The maximum Gasteiger partial charge on any atom is 0.237 e. The average molecular weight is 289 g/mol. The van der Waals surface area contributed by atoms with Gasteiger partial charge in [-0.2, -0.15) is 0 Å². The molecular weight excluding hydrogens is 270 g/mol. The molecule has 2 N–H and O–H groups in total. The standard InChI is InChI=1S/C16H19NO2S/c1-12-7-8-14(13(11-12)5-2-3-9-18)17-16(19)15-6-4-10-20-15/h7-8,11,15,18H,3-4,6,9-10H2,1H3,(H,17,19). The first-order valence-electron chi connectivity index (χ1n) is 6.83. The number of anilines is 1. The predicted octanol–water partition coefficient (Wildman–Crippen LogP) is 2.56. The van der Waals surface area contributed by atoms with Crippen LogP contribution >= 0.6 is 11.8 Å². The molecule has 1 amide bonds. The molecule has 1 saturated heterocycles. The zero-order chi connectivity index (χ0) is 14.4. The molecule has 0 aliphatic carbocycles. The van der Waals surface area contributed by atoms with Crippen LogP contribution in [0, 0.1) is 18.8 Å². The van der Waals surface area contributed by atoms with Gasteiger partial charge in [-0.05, 0) is 43.2 Å². The molecule has 1 aromatic carbocycles.